The monoisotopic (exact) mass is 336 g/mol. The van der Waals surface area contributed by atoms with Gasteiger partial charge in [-0.1, -0.05) is 37.3 Å². The maximum Gasteiger partial charge on any atom is 0.407 e. The summed E-state index contributed by atoms with van der Waals surface area (Å²) in [5.74, 6) is 0.384. The van der Waals surface area contributed by atoms with Crippen LogP contribution in [0.3, 0.4) is 0 Å². The van der Waals surface area contributed by atoms with Crippen LogP contribution in [-0.2, 0) is 11.2 Å². The van der Waals surface area contributed by atoms with Gasteiger partial charge >= 0.3 is 6.09 Å². The van der Waals surface area contributed by atoms with Gasteiger partial charge in [0.15, 0.2) is 0 Å². The summed E-state index contributed by atoms with van der Waals surface area (Å²) < 4.78 is 5.29. The first-order chi connectivity index (χ1) is 11.3. The minimum atomic E-state index is -0.498. The summed E-state index contributed by atoms with van der Waals surface area (Å²) in [6.45, 7) is 9.14. The Morgan fingerprint density at radius 1 is 1.21 bits per heavy atom. The van der Waals surface area contributed by atoms with Crippen LogP contribution in [0.2, 0.25) is 0 Å². The lowest BCUT2D eigenvalue weighted by Crippen LogP contribution is -2.45. The number of aliphatic hydroxyl groups is 1. The number of carbonyl (C=O) groups excluding carboxylic acids is 1. The third-order valence-electron chi connectivity index (χ3n) is 3.59. The number of rotatable bonds is 9. The normalized spacial score (nSPS) is 14.0. The topological polar surface area (TPSA) is 70.6 Å². The van der Waals surface area contributed by atoms with Gasteiger partial charge in [0.25, 0.3) is 0 Å². The highest BCUT2D eigenvalue weighted by molar-refractivity contribution is 5.67. The molecule has 136 valence electrons. The van der Waals surface area contributed by atoms with E-state index in [-0.39, 0.29) is 12.6 Å². The molecule has 0 bridgehead atoms. The number of carbonyl (C=O) groups is 1. The molecule has 0 fully saturated rings. The van der Waals surface area contributed by atoms with Crippen LogP contribution in [0.15, 0.2) is 30.3 Å². The molecule has 0 saturated carbocycles. The molecule has 1 rings (SSSR count). The van der Waals surface area contributed by atoms with E-state index >= 15 is 0 Å². The van der Waals surface area contributed by atoms with E-state index in [4.69, 9.17) is 9.84 Å². The molecule has 0 aliphatic rings. The molecule has 24 heavy (non-hydrogen) atoms. The van der Waals surface area contributed by atoms with E-state index in [1.807, 2.05) is 39.0 Å². The molecule has 2 unspecified atom stereocenters. The molecule has 0 spiro atoms. The van der Waals surface area contributed by atoms with Gasteiger partial charge < -0.3 is 20.5 Å². The van der Waals surface area contributed by atoms with Crippen molar-refractivity contribution < 1.29 is 14.6 Å². The van der Waals surface area contributed by atoms with E-state index in [0.29, 0.717) is 12.5 Å². The highest BCUT2D eigenvalue weighted by Gasteiger charge is 2.18. The Balaban J connectivity index is 2.55. The molecule has 2 atom stereocenters. The Morgan fingerprint density at radius 2 is 1.88 bits per heavy atom. The third-order valence-corrected chi connectivity index (χ3v) is 3.59. The smallest absolute Gasteiger partial charge is 0.407 e. The molecular formula is C19H32N2O3. The van der Waals surface area contributed by atoms with Crippen LogP contribution >= 0.6 is 0 Å². The van der Waals surface area contributed by atoms with Crippen molar-refractivity contribution in [2.45, 2.75) is 52.2 Å². The molecule has 0 aliphatic heterocycles. The van der Waals surface area contributed by atoms with Crippen molar-refractivity contribution in [1.29, 1.82) is 0 Å². The Kier molecular flexibility index (Phi) is 8.79. The molecule has 0 radical (unpaired) electrons. The van der Waals surface area contributed by atoms with E-state index < -0.39 is 11.7 Å². The summed E-state index contributed by atoms with van der Waals surface area (Å²) in [5.41, 5.74) is 0.720. The summed E-state index contributed by atoms with van der Waals surface area (Å²) in [4.78, 5) is 11.9. The maximum atomic E-state index is 11.9. The van der Waals surface area contributed by atoms with Gasteiger partial charge in [-0.2, -0.15) is 0 Å². The van der Waals surface area contributed by atoms with Crippen molar-refractivity contribution in [2.24, 2.45) is 5.92 Å². The molecule has 0 heterocycles. The third kappa shape index (κ3) is 9.53. The number of ether oxygens (including phenoxy) is 1. The molecule has 0 aromatic heterocycles. The fraction of sp³-hybridized carbons (Fsp3) is 0.632. The zero-order valence-corrected chi connectivity index (χ0v) is 15.3. The summed E-state index contributed by atoms with van der Waals surface area (Å²) in [7, 11) is 0. The molecule has 0 aliphatic carbocycles. The average molecular weight is 336 g/mol. The van der Waals surface area contributed by atoms with E-state index in [9.17, 15) is 4.79 Å². The van der Waals surface area contributed by atoms with Crippen LogP contribution in [0.4, 0.5) is 4.79 Å². The van der Waals surface area contributed by atoms with E-state index in [0.717, 1.165) is 19.4 Å². The SMILES string of the molecule is CC(CCO)CNC(CNC(=O)OC(C)(C)C)Cc1ccccc1. The first kappa shape index (κ1) is 20.5. The van der Waals surface area contributed by atoms with Gasteiger partial charge in [0.05, 0.1) is 0 Å². The molecule has 5 nitrogen and oxygen atoms in total. The standard InChI is InChI=1S/C19H32N2O3/c1-15(10-11-22)13-20-17(12-16-8-6-5-7-9-16)14-21-18(23)24-19(2,3)4/h5-9,15,17,20,22H,10-14H2,1-4H3,(H,21,23). The second-order valence-electron chi connectivity index (χ2n) is 7.30. The lowest BCUT2D eigenvalue weighted by Gasteiger charge is -2.24. The molecule has 1 aromatic rings. The predicted molar refractivity (Wildman–Crippen MR) is 97.0 cm³/mol. The molecule has 1 aromatic carbocycles. The van der Waals surface area contributed by atoms with Crippen molar-refractivity contribution in [3.63, 3.8) is 0 Å². The Labute approximate surface area is 145 Å². The van der Waals surface area contributed by atoms with Crippen LogP contribution in [0.1, 0.15) is 39.7 Å². The van der Waals surface area contributed by atoms with E-state index in [1.165, 1.54) is 5.56 Å². The van der Waals surface area contributed by atoms with Crippen LogP contribution in [0.25, 0.3) is 0 Å². The predicted octanol–water partition coefficient (Wildman–Crippen LogP) is 2.73. The van der Waals surface area contributed by atoms with Crippen LogP contribution in [0, 0.1) is 5.92 Å². The molecule has 0 saturated heterocycles. The van der Waals surface area contributed by atoms with E-state index in [2.05, 4.69) is 29.7 Å². The van der Waals surface area contributed by atoms with Crippen molar-refractivity contribution in [3.8, 4) is 0 Å². The first-order valence-corrected chi connectivity index (χ1v) is 8.65. The number of benzene rings is 1. The number of amides is 1. The summed E-state index contributed by atoms with van der Waals surface area (Å²) in [5, 5.41) is 15.4. The molecule has 1 amide bonds. The number of hydrogen-bond donors (Lipinski definition) is 3. The number of nitrogens with one attached hydrogen (secondary N) is 2. The maximum absolute atomic E-state index is 11.9. The Bertz CT molecular complexity index is 471. The Hall–Kier alpha value is -1.59. The van der Waals surface area contributed by atoms with Crippen molar-refractivity contribution in [3.05, 3.63) is 35.9 Å². The second-order valence-corrected chi connectivity index (χ2v) is 7.30. The van der Waals surface area contributed by atoms with Crippen LogP contribution in [-0.4, -0.2) is 42.5 Å². The number of hydrogen-bond acceptors (Lipinski definition) is 4. The van der Waals surface area contributed by atoms with Gasteiger partial charge in [0.2, 0.25) is 0 Å². The Morgan fingerprint density at radius 3 is 2.46 bits per heavy atom. The largest absolute Gasteiger partial charge is 0.444 e. The lowest BCUT2D eigenvalue weighted by atomic mass is 10.0. The van der Waals surface area contributed by atoms with Gasteiger partial charge in [-0.15, -0.1) is 0 Å². The van der Waals surface area contributed by atoms with Crippen LogP contribution < -0.4 is 10.6 Å². The van der Waals surface area contributed by atoms with Crippen molar-refractivity contribution in [2.75, 3.05) is 19.7 Å². The van der Waals surface area contributed by atoms with Gasteiger partial charge in [0, 0.05) is 19.2 Å². The molecule has 5 heteroatoms. The number of alkyl carbamates (subject to hydrolysis) is 1. The minimum absolute atomic E-state index is 0.112. The number of aliphatic hydroxyl groups excluding tert-OH is 1. The highest BCUT2D eigenvalue weighted by Crippen LogP contribution is 2.08. The zero-order valence-electron chi connectivity index (χ0n) is 15.3. The lowest BCUT2D eigenvalue weighted by molar-refractivity contribution is 0.0522. The highest BCUT2D eigenvalue weighted by atomic mass is 16.6. The first-order valence-electron chi connectivity index (χ1n) is 8.65. The van der Waals surface area contributed by atoms with Gasteiger partial charge in [-0.25, -0.2) is 4.79 Å². The van der Waals surface area contributed by atoms with E-state index in [1.54, 1.807) is 0 Å². The summed E-state index contributed by atoms with van der Waals surface area (Å²) in [6, 6.07) is 10.3. The van der Waals surface area contributed by atoms with Crippen molar-refractivity contribution >= 4 is 6.09 Å². The second kappa shape index (κ2) is 10.3. The average Bonchev–Trinajstić information content (AvgIpc) is 2.49. The summed E-state index contributed by atoms with van der Waals surface area (Å²) >= 11 is 0. The molecular weight excluding hydrogens is 304 g/mol. The fourth-order valence-electron chi connectivity index (χ4n) is 2.33. The van der Waals surface area contributed by atoms with Crippen molar-refractivity contribution in [1.82, 2.24) is 10.6 Å². The van der Waals surface area contributed by atoms with Crippen LogP contribution in [0.5, 0.6) is 0 Å². The van der Waals surface area contributed by atoms with Gasteiger partial charge in [0.1, 0.15) is 5.60 Å². The fourth-order valence-corrected chi connectivity index (χ4v) is 2.33. The quantitative estimate of drug-likeness (QED) is 0.648. The zero-order chi connectivity index (χ0) is 18.0. The van der Waals surface area contributed by atoms with Gasteiger partial charge in [-0.05, 0) is 51.6 Å². The van der Waals surface area contributed by atoms with Gasteiger partial charge in [-0.3, -0.25) is 0 Å². The molecule has 3 N–H and O–H groups in total. The summed E-state index contributed by atoms with van der Waals surface area (Å²) in [6.07, 6.45) is 1.19. The minimum Gasteiger partial charge on any atom is -0.444 e.